The van der Waals surface area contributed by atoms with E-state index in [1.165, 1.54) is 205 Å². The maximum absolute atomic E-state index is 4.78. The zero-order chi connectivity index (χ0) is 26.7. The standard InChI is InChI=1S/C36H74N.2ClH.Ti/c1-3-5-7-9-11-13-15-17-19-21-23-25-27-29-31-33-35-37-36-34-32-30-28-26-24-22-20-18-16-14-12-10-8-6-4-2;;;/h3-36H2,1-2H3;2*1H;/q-1;;;+3/p-2. The Bertz CT molecular complexity index is 350. The molecule has 0 amide bonds. The van der Waals surface area contributed by atoms with Crippen molar-refractivity contribution in [2.45, 2.75) is 219 Å². The summed E-state index contributed by atoms with van der Waals surface area (Å²) in [5.41, 5.74) is 0. The zero-order valence-corrected chi connectivity index (χ0v) is 30.8. The molecule has 0 aromatic heterocycles. The average Bonchev–Trinajstić information content (AvgIpc) is 2.91. The van der Waals surface area contributed by atoms with Crippen LogP contribution in [0.25, 0.3) is 5.32 Å². The Kier molecular flexibility index (Phi) is 56.8. The molecule has 0 bridgehead atoms. The third kappa shape index (κ3) is 46.2. The average molecular weight is 640 g/mol. The molecule has 241 valence electrons. The van der Waals surface area contributed by atoms with Gasteiger partial charge in [0, 0.05) is 0 Å². The first-order valence-electron chi connectivity index (χ1n) is 18.0. The zero-order valence-electron chi connectivity index (χ0n) is 27.7. The molecule has 0 spiro atoms. The molecule has 1 nitrogen and oxygen atoms in total. The van der Waals surface area contributed by atoms with Crippen LogP contribution in [-0.4, -0.2) is 13.1 Å². The van der Waals surface area contributed by atoms with E-state index in [1.54, 1.807) is 0 Å². The Labute approximate surface area is 282 Å². The summed E-state index contributed by atoms with van der Waals surface area (Å²) in [6.07, 6.45) is 46.4. The van der Waals surface area contributed by atoms with Gasteiger partial charge < -0.3 is 30.1 Å². The maximum Gasteiger partial charge on any atom is 3.00 e. The van der Waals surface area contributed by atoms with Crippen LogP contribution in [0.2, 0.25) is 0 Å². The Balaban J connectivity index is -0.00000216. The summed E-state index contributed by atoms with van der Waals surface area (Å²) < 4.78 is 0. The minimum atomic E-state index is 0. The van der Waals surface area contributed by atoms with E-state index >= 15 is 0 Å². The Morgan fingerprint density at radius 1 is 0.250 bits per heavy atom. The molecule has 0 aliphatic rings. The molecule has 0 saturated carbocycles. The molecule has 0 atom stereocenters. The summed E-state index contributed by atoms with van der Waals surface area (Å²) in [6, 6.07) is 0. The summed E-state index contributed by atoms with van der Waals surface area (Å²) in [7, 11) is 0. The number of hydrogen-bond acceptors (Lipinski definition) is 0. The van der Waals surface area contributed by atoms with E-state index in [1.807, 2.05) is 0 Å². The predicted octanol–water partition coefficient (Wildman–Crippen LogP) is 7.89. The van der Waals surface area contributed by atoms with Crippen molar-refractivity contribution in [1.82, 2.24) is 0 Å². The van der Waals surface area contributed by atoms with Crippen molar-refractivity contribution in [3.63, 3.8) is 0 Å². The van der Waals surface area contributed by atoms with Crippen molar-refractivity contribution < 1.29 is 46.5 Å². The summed E-state index contributed by atoms with van der Waals surface area (Å²) in [4.78, 5) is 0. The van der Waals surface area contributed by atoms with Crippen LogP contribution in [-0.2, 0) is 21.7 Å². The number of halogens is 2. The minimum absolute atomic E-state index is 0. The van der Waals surface area contributed by atoms with Crippen LogP contribution in [0, 0.1) is 0 Å². The van der Waals surface area contributed by atoms with Crippen LogP contribution < -0.4 is 24.8 Å². The summed E-state index contributed by atoms with van der Waals surface area (Å²) in [5, 5.41) is 4.78. The molecule has 0 N–H and O–H groups in total. The fourth-order valence-corrected chi connectivity index (χ4v) is 5.66. The van der Waals surface area contributed by atoms with Gasteiger partial charge in [-0.05, 0) is 0 Å². The van der Waals surface area contributed by atoms with E-state index in [-0.39, 0.29) is 46.5 Å². The third-order valence-corrected chi connectivity index (χ3v) is 8.34. The molecule has 0 saturated heterocycles. The molecule has 0 aromatic rings. The van der Waals surface area contributed by atoms with E-state index in [2.05, 4.69) is 13.8 Å². The molecule has 1 radical (unpaired) electrons. The molecule has 0 fully saturated rings. The Hall–Kier alpha value is 1.25. The molecule has 0 aliphatic carbocycles. The second-order valence-corrected chi connectivity index (χ2v) is 12.3. The predicted molar refractivity (Wildman–Crippen MR) is 172 cm³/mol. The number of rotatable bonds is 34. The first-order valence-corrected chi connectivity index (χ1v) is 18.0. The molecular weight excluding hydrogens is 565 g/mol. The normalized spacial score (nSPS) is 10.7. The van der Waals surface area contributed by atoms with E-state index in [4.69, 9.17) is 5.32 Å². The van der Waals surface area contributed by atoms with Crippen LogP contribution in [0.3, 0.4) is 0 Å². The Morgan fingerprint density at radius 3 is 0.575 bits per heavy atom. The molecule has 40 heavy (non-hydrogen) atoms. The van der Waals surface area contributed by atoms with Gasteiger partial charge in [-0.15, -0.1) is 13.1 Å². The van der Waals surface area contributed by atoms with Crippen molar-refractivity contribution in [3.05, 3.63) is 5.32 Å². The second-order valence-electron chi connectivity index (χ2n) is 12.3. The smallest absolute Gasteiger partial charge is 1.00 e. The molecule has 0 heterocycles. The van der Waals surface area contributed by atoms with Gasteiger partial charge in [-0.1, -0.05) is 219 Å². The summed E-state index contributed by atoms with van der Waals surface area (Å²) >= 11 is 0. The van der Waals surface area contributed by atoms with Gasteiger partial charge in [-0.2, -0.15) is 0 Å². The van der Waals surface area contributed by atoms with Gasteiger partial charge in [-0.25, -0.2) is 0 Å². The van der Waals surface area contributed by atoms with Gasteiger partial charge in [0.2, 0.25) is 0 Å². The van der Waals surface area contributed by atoms with Crippen LogP contribution in [0.5, 0.6) is 0 Å². The fraction of sp³-hybridized carbons (Fsp3) is 1.00. The third-order valence-electron chi connectivity index (χ3n) is 8.34. The number of hydrogen-bond donors (Lipinski definition) is 0. The van der Waals surface area contributed by atoms with Crippen LogP contribution in [0.4, 0.5) is 0 Å². The van der Waals surface area contributed by atoms with Gasteiger partial charge in [0.25, 0.3) is 0 Å². The Morgan fingerprint density at radius 2 is 0.400 bits per heavy atom. The van der Waals surface area contributed by atoms with Crippen molar-refractivity contribution in [3.8, 4) is 0 Å². The second kappa shape index (κ2) is 47.2. The minimum Gasteiger partial charge on any atom is -1.00 e. The summed E-state index contributed by atoms with van der Waals surface area (Å²) in [6.45, 7) is 6.85. The first-order chi connectivity index (χ1) is 18.4. The van der Waals surface area contributed by atoms with Gasteiger partial charge in [0.15, 0.2) is 0 Å². The van der Waals surface area contributed by atoms with Gasteiger partial charge in [0.05, 0.1) is 0 Å². The van der Waals surface area contributed by atoms with Crippen molar-refractivity contribution in [2.24, 2.45) is 0 Å². The first kappa shape index (κ1) is 48.2. The summed E-state index contributed by atoms with van der Waals surface area (Å²) in [5.74, 6) is 0. The van der Waals surface area contributed by atoms with Gasteiger partial charge in [-0.3, -0.25) is 0 Å². The monoisotopic (exact) mass is 638 g/mol. The molecule has 0 aromatic carbocycles. The van der Waals surface area contributed by atoms with Gasteiger partial charge in [0.1, 0.15) is 0 Å². The quantitative estimate of drug-likeness (QED) is 0.0503. The SMILES string of the molecule is CCCCCCCCCCCCCCCCCC[N-]CCCCCCCCCCCCCCCCCC.[Cl-].[Cl-].[Ti+3]. The van der Waals surface area contributed by atoms with Crippen LogP contribution in [0.1, 0.15) is 219 Å². The van der Waals surface area contributed by atoms with Gasteiger partial charge >= 0.3 is 21.7 Å². The van der Waals surface area contributed by atoms with Crippen molar-refractivity contribution >= 4 is 0 Å². The molecular formula is C36H74Cl2NTi. The van der Waals surface area contributed by atoms with Crippen LogP contribution in [0.15, 0.2) is 0 Å². The van der Waals surface area contributed by atoms with Crippen molar-refractivity contribution in [1.29, 1.82) is 0 Å². The molecule has 0 rings (SSSR count). The fourth-order valence-electron chi connectivity index (χ4n) is 5.66. The molecule has 0 aliphatic heterocycles. The topological polar surface area (TPSA) is 14.1 Å². The number of nitrogens with zero attached hydrogens (tertiary/aromatic N) is 1. The van der Waals surface area contributed by atoms with E-state index in [0.717, 1.165) is 13.1 Å². The molecule has 4 heteroatoms. The van der Waals surface area contributed by atoms with Crippen LogP contribution >= 0.6 is 0 Å². The van der Waals surface area contributed by atoms with E-state index < -0.39 is 0 Å². The largest absolute Gasteiger partial charge is 3.00 e. The van der Waals surface area contributed by atoms with E-state index in [9.17, 15) is 0 Å². The molecule has 0 unspecified atom stereocenters. The van der Waals surface area contributed by atoms with Crippen molar-refractivity contribution in [2.75, 3.05) is 13.1 Å². The van der Waals surface area contributed by atoms with E-state index in [0.29, 0.717) is 0 Å². The maximum atomic E-state index is 4.78. The number of unbranched alkanes of at least 4 members (excludes halogenated alkanes) is 30.